The summed E-state index contributed by atoms with van der Waals surface area (Å²) in [7, 11) is 1.79. The number of amides is 2. The second-order valence-electron chi connectivity index (χ2n) is 8.04. The van der Waals surface area contributed by atoms with Crippen molar-refractivity contribution in [2.24, 2.45) is 18.9 Å². The van der Waals surface area contributed by atoms with E-state index in [2.05, 4.69) is 22.2 Å². The molecule has 0 spiro atoms. The van der Waals surface area contributed by atoms with Gasteiger partial charge in [-0.25, -0.2) is 4.98 Å². The zero-order valence-corrected chi connectivity index (χ0v) is 17.7. The van der Waals surface area contributed by atoms with Crippen molar-refractivity contribution in [1.82, 2.24) is 24.6 Å². The normalized spacial score (nSPS) is 23.1. The van der Waals surface area contributed by atoms with Gasteiger partial charge in [0.25, 0.3) is 11.8 Å². The fraction of sp³-hybridized carbons (Fsp3) is 0.364. The Labute approximate surface area is 178 Å². The minimum absolute atomic E-state index is 0.00810. The van der Waals surface area contributed by atoms with Crippen LogP contribution in [-0.2, 0) is 7.05 Å². The summed E-state index contributed by atoms with van der Waals surface area (Å²) < 4.78 is 1.62. The molecule has 0 unspecified atom stereocenters. The predicted octanol–water partition coefficient (Wildman–Crippen LogP) is 2.77. The van der Waals surface area contributed by atoms with E-state index in [0.29, 0.717) is 31.0 Å². The minimum atomic E-state index is -0.0615. The molecule has 2 fully saturated rings. The van der Waals surface area contributed by atoms with Crippen LogP contribution in [0.3, 0.4) is 0 Å². The smallest absolute Gasteiger partial charge is 0.273 e. The number of thiazole rings is 1. The molecule has 0 aliphatic carbocycles. The summed E-state index contributed by atoms with van der Waals surface area (Å²) >= 11 is 1.49. The van der Waals surface area contributed by atoms with Crippen LogP contribution in [0.2, 0.25) is 0 Å². The summed E-state index contributed by atoms with van der Waals surface area (Å²) in [6.45, 7) is 3.83. The van der Waals surface area contributed by atoms with Crippen LogP contribution < -0.4 is 0 Å². The minimum Gasteiger partial charge on any atom is -0.337 e. The van der Waals surface area contributed by atoms with Gasteiger partial charge in [0.1, 0.15) is 11.4 Å². The number of carbonyl (C=O) groups excluding carboxylic acids is 2. The van der Waals surface area contributed by atoms with Gasteiger partial charge in [-0.1, -0.05) is 30.3 Å². The van der Waals surface area contributed by atoms with Gasteiger partial charge < -0.3 is 9.80 Å². The standard InChI is InChI=1S/C22H23N5O2S/c1-14-24-18(13-30-14)21(28)26-10-16-11-27(22(29)19-8-9-23-25(19)2)20(17(16)12-26)15-6-4-3-5-7-15/h3-9,13,16-17,20H,10-12H2,1-2H3/t16-,17-,20-/m0/s1. The molecule has 0 N–H and O–H groups in total. The molecule has 5 rings (SSSR count). The highest BCUT2D eigenvalue weighted by Crippen LogP contribution is 2.45. The molecule has 4 heterocycles. The van der Waals surface area contributed by atoms with E-state index < -0.39 is 0 Å². The number of hydrogen-bond acceptors (Lipinski definition) is 5. The first kappa shape index (κ1) is 19.0. The summed E-state index contributed by atoms with van der Waals surface area (Å²) in [6, 6.07) is 11.8. The summed E-state index contributed by atoms with van der Waals surface area (Å²) in [5.74, 6) is 0.431. The molecule has 1 aromatic carbocycles. The molecule has 2 aliphatic heterocycles. The number of rotatable bonds is 3. The molecule has 2 amide bonds. The van der Waals surface area contributed by atoms with Gasteiger partial charge in [0.2, 0.25) is 0 Å². The Morgan fingerprint density at radius 1 is 1.07 bits per heavy atom. The van der Waals surface area contributed by atoms with E-state index >= 15 is 0 Å². The Kier molecular flexibility index (Phi) is 4.66. The molecule has 154 valence electrons. The number of likely N-dealkylation sites (tertiary alicyclic amines) is 2. The fourth-order valence-electron chi connectivity index (χ4n) is 4.85. The van der Waals surface area contributed by atoms with Crippen LogP contribution in [0.1, 0.15) is 37.6 Å². The van der Waals surface area contributed by atoms with E-state index in [1.165, 1.54) is 11.3 Å². The van der Waals surface area contributed by atoms with Crippen molar-refractivity contribution in [3.05, 3.63) is 69.9 Å². The molecule has 8 heteroatoms. The lowest BCUT2D eigenvalue weighted by molar-refractivity contribution is 0.0667. The van der Waals surface area contributed by atoms with E-state index in [1.807, 2.05) is 40.3 Å². The molecular weight excluding hydrogens is 398 g/mol. The van der Waals surface area contributed by atoms with Gasteiger partial charge in [-0.15, -0.1) is 11.3 Å². The van der Waals surface area contributed by atoms with Crippen LogP contribution in [-0.4, -0.2) is 56.0 Å². The highest BCUT2D eigenvalue weighted by Gasteiger charge is 2.50. The summed E-state index contributed by atoms with van der Waals surface area (Å²) in [4.78, 5) is 34.6. The molecule has 2 saturated heterocycles. The summed E-state index contributed by atoms with van der Waals surface area (Å²) in [5, 5.41) is 6.89. The maximum atomic E-state index is 13.4. The van der Waals surface area contributed by atoms with E-state index in [9.17, 15) is 9.59 Å². The maximum absolute atomic E-state index is 13.4. The zero-order chi connectivity index (χ0) is 20.8. The van der Waals surface area contributed by atoms with Crippen molar-refractivity contribution in [2.75, 3.05) is 19.6 Å². The highest BCUT2D eigenvalue weighted by atomic mass is 32.1. The molecule has 3 aromatic rings. The molecule has 0 bridgehead atoms. The van der Waals surface area contributed by atoms with Gasteiger partial charge >= 0.3 is 0 Å². The maximum Gasteiger partial charge on any atom is 0.273 e. The lowest BCUT2D eigenvalue weighted by Gasteiger charge is -2.30. The van der Waals surface area contributed by atoms with Crippen LogP contribution in [0, 0.1) is 18.8 Å². The van der Waals surface area contributed by atoms with Crippen LogP contribution in [0.5, 0.6) is 0 Å². The molecule has 7 nitrogen and oxygen atoms in total. The fourth-order valence-corrected chi connectivity index (χ4v) is 5.44. The van der Waals surface area contributed by atoms with E-state index in [4.69, 9.17) is 0 Å². The first-order valence-corrected chi connectivity index (χ1v) is 11.0. The third-order valence-corrected chi connectivity index (χ3v) is 7.00. The third-order valence-electron chi connectivity index (χ3n) is 6.23. The van der Waals surface area contributed by atoms with Crippen LogP contribution in [0.4, 0.5) is 0 Å². The Balaban J connectivity index is 1.44. The molecule has 0 radical (unpaired) electrons. The Morgan fingerprint density at radius 3 is 2.53 bits per heavy atom. The molecule has 30 heavy (non-hydrogen) atoms. The molecule has 0 saturated carbocycles. The van der Waals surface area contributed by atoms with Crippen molar-refractivity contribution in [2.45, 2.75) is 13.0 Å². The number of benzene rings is 1. The van der Waals surface area contributed by atoms with Gasteiger partial charge in [-0.05, 0) is 18.6 Å². The second kappa shape index (κ2) is 7.36. The van der Waals surface area contributed by atoms with Crippen molar-refractivity contribution >= 4 is 23.2 Å². The number of aromatic nitrogens is 3. The lowest BCUT2D eigenvalue weighted by atomic mass is 9.89. The number of carbonyl (C=O) groups is 2. The van der Waals surface area contributed by atoms with Crippen molar-refractivity contribution in [3.8, 4) is 0 Å². The quantitative estimate of drug-likeness (QED) is 0.652. The van der Waals surface area contributed by atoms with E-state index in [0.717, 1.165) is 10.6 Å². The first-order chi connectivity index (χ1) is 14.5. The molecule has 2 aromatic heterocycles. The number of nitrogens with zero attached hydrogens (tertiary/aromatic N) is 5. The summed E-state index contributed by atoms with van der Waals surface area (Å²) in [6.07, 6.45) is 1.65. The van der Waals surface area contributed by atoms with Crippen molar-refractivity contribution in [1.29, 1.82) is 0 Å². The number of fused-ring (bicyclic) bond motifs is 1. The Morgan fingerprint density at radius 2 is 1.87 bits per heavy atom. The average molecular weight is 422 g/mol. The van der Waals surface area contributed by atoms with Gasteiger partial charge in [0.05, 0.1) is 11.0 Å². The number of hydrogen-bond donors (Lipinski definition) is 0. The van der Waals surface area contributed by atoms with Crippen LogP contribution in [0.25, 0.3) is 0 Å². The first-order valence-electron chi connectivity index (χ1n) is 10.1. The molecular formula is C22H23N5O2S. The highest BCUT2D eigenvalue weighted by molar-refractivity contribution is 7.09. The van der Waals surface area contributed by atoms with E-state index in [1.54, 1.807) is 24.0 Å². The molecule has 3 atom stereocenters. The van der Waals surface area contributed by atoms with Gasteiger partial charge in [-0.3, -0.25) is 14.3 Å². The predicted molar refractivity (Wildman–Crippen MR) is 113 cm³/mol. The van der Waals surface area contributed by atoms with Gasteiger partial charge in [0.15, 0.2) is 0 Å². The Hall–Kier alpha value is -3.00. The van der Waals surface area contributed by atoms with Crippen molar-refractivity contribution < 1.29 is 9.59 Å². The lowest BCUT2D eigenvalue weighted by Crippen LogP contribution is -2.38. The SMILES string of the molecule is Cc1nc(C(=O)N2C[C@H]3CN(C(=O)c4ccnn4C)[C@@H](c4ccccc4)[C@H]3C2)cs1. The molecule has 2 aliphatic rings. The van der Waals surface area contributed by atoms with Crippen molar-refractivity contribution in [3.63, 3.8) is 0 Å². The monoisotopic (exact) mass is 421 g/mol. The van der Waals surface area contributed by atoms with E-state index in [-0.39, 0.29) is 29.7 Å². The average Bonchev–Trinajstić information content (AvgIpc) is 3.51. The topological polar surface area (TPSA) is 71.3 Å². The third kappa shape index (κ3) is 3.11. The number of aryl methyl sites for hydroxylation is 2. The Bertz CT molecular complexity index is 1090. The second-order valence-corrected chi connectivity index (χ2v) is 9.10. The van der Waals surface area contributed by atoms with Crippen LogP contribution in [0.15, 0.2) is 48.0 Å². The largest absolute Gasteiger partial charge is 0.337 e. The van der Waals surface area contributed by atoms with Crippen LogP contribution >= 0.6 is 11.3 Å². The zero-order valence-electron chi connectivity index (χ0n) is 16.9. The summed E-state index contributed by atoms with van der Waals surface area (Å²) in [5.41, 5.74) is 2.22. The van der Waals surface area contributed by atoms with Gasteiger partial charge in [0, 0.05) is 50.1 Å². The van der Waals surface area contributed by atoms with Gasteiger partial charge in [-0.2, -0.15) is 5.10 Å².